The number of rotatable bonds is 1. The molecule has 15 heavy (non-hydrogen) atoms. The third kappa shape index (κ3) is 2.34. The Hall–Kier alpha value is -0.980. The highest BCUT2D eigenvalue weighted by Crippen LogP contribution is 2.33. The van der Waals surface area contributed by atoms with Crippen molar-refractivity contribution in [3.63, 3.8) is 0 Å². The zero-order chi connectivity index (χ0) is 9.97. The molecule has 0 radical (unpaired) electrons. The minimum atomic E-state index is -0.410. The minimum Gasteiger partial charge on any atom is -0.486 e. The Labute approximate surface area is 105 Å². The van der Waals surface area contributed by atoms with Gasteiger partial charge in [-0.05, 0) is 12.1 Å². The van der Waals surface area contributed by atoms with Crippen LogP contribution in [0.2, 0.25) is 0 Å². The molecule has 0 unspecified atom stereocenters. The van der Waals surface area contributed by atoms with Crippen LogP contribution < -0.4 is 9.47 Å². The average molecular weight is 322 g/mol. The summed E-state index contributed by atoms with van der Waals surface area (Å²) in [6.07, 6.45) is 0. The van der Waals surface area contributed by atoms with E-state index in [-0.39, 0.29) is 24.0 Å². The molecule has 1 aliphatic heterocycles. The molecular weight excluding hydrogens is 311 g/mol. The second-order valence-electron chi connectivity index (χ2n) is 2.82. The summed E-state index contributed by atoms with van der Waals surface area (Å²) in [6.45, 7) is 0.971. The largest absolute Gasteiger partial charge is 0.486 e. The van der Waals surface area contributed by atoms with Gasteiger partial charge in [0.1, 0.15) is 18.8 Å². The molecule has 4 nitrogen and oxygen atoms in total. The van der Waals surface area contributed by atoms with E-state index in [0.29, 0.717) is 30.3 Å². The number of hydrogen-bond donors (Lipinski definition) is 0. The Morgan fingerprint density at radius 2 is 2.07 bits per heavy atom. The van der Waals surface area contributed by atoms with Crippen molar-refractivity contribution < 1.29 is 19.0 Å². The first-order chi connectivity index (χ1) is 6.83. The second kappa shape index (κ2) is 5.20. The second-order valence-corrected chi connectivity index (χ2v) is 2.82. The van der Waals surface area contributed by atoms with E-state index in [9.17, 15) is 4.79 Å². The molecule has 1 aromatic carbocycles. The normalized spacial score (nSPS) is 12.6. The van der Waals surface area contributed by atoms with Gasteiger partial charge in [0, 0.05) is 0 Å². The molecule has 1 aromatic rings. The molecule has 0 aliphatic carbocycles. The molecule has 0 saturated heterocycles. The number of esters is 1. The van der Waals surface area contributed by atoms with Crippen LogP contribution in [0.3, 0.4) is 0 Å². The van der Waals surface area contributed by atoms with E-state index in [1.54, 1.807) is 18.2 Å². The van der Waals surface area contributed by atoms with Gasteiger partial charge in [-0.15, -0.1) is 24.0 Å². The fourth-order valence-electron chi connectivity index (χ4n) is 1.34. The van der Waals surface area contributed by atoms with Crippen molar-refractivity contribution in [3.8, 4) is 11.5 Å². The molecule has 1 heterocycles. The minimum absolute atomic E-state index is 0. The summed E-state index contributed by atoms with van der Waals surface area (Å²) < 4.78 is 15.3. The molecule has 5 heteroatoms. The Morgan fingerprint density at radius 1 is 1.33 bits per heavy atom. The van der Waals surface area contributed by atoms with Crippen LogP contribution in [-0.4, -0.2) is 26.3 Å². The predicted molar refractivity (Wildman–Crippen MR) is 64.2 cm³/mol. The van der Waals surface area contributed by atoms with Crippen LogP contribution in [0.5, 0.6) is 11.5 Å². The maximum atomic E-state index is 11.3. The van der Waals surface area contributed by atoms with Crippen molar-refractivity contribution in [1.82, 2.24) is 0 Å². The quantitative estimate of drug-likeness (QED) is 0.585. The number of ether oxygens (including phenoxy) is 3. The van der Waals surface area contributed by atoms with E-state index < -0.39 is 5.97 Å². The van der Waals surface area contributed by atoms with Crippen LogP contribution in [0, 0.1) is 0 Å². The molecule has 2 rings (SSSR count). The average Bonchev–Trinajstić information content (AvgIpc) is 2.27. The van der Waals surface area contributed by atoms with Gasteiger partial charge in [0.2, 0.25) is 0 Å². The van der Waals surface area contributed by atoms with Crippen molar-refractivity contribution >= 4 is 29.9 Å². The van der Waals surface area contributed by atoms with Crippen LogP contribution in [0.15, 0.2) is 18.2 Å². The van der Waals surface area contributed by atoms with Crippen molar-refractivity contribution in [1.29, 1.82) is 0 Å². The number of halogens is 1. The number of para-hydroxylation sites is 1. The summed E-state index contributed by atoms with van der Waals surface area (Å²) in [5.74, 6) is 0.664. The van der Waals surface area contributed by atoms with E-state index in [1.165, 1.54) is 7.11 Å². The SMILES string of the molecule is COC(=O)c1cccc2c1OCCO2.I. The lowest BCUT2D eigenvalue weighted by atomic mass is 10.2. The fraction of sp³-hybridized carbons (Fsp3) is 0.300. The van der Waals surface area contributed by atoms with Gasteiger partial charge in [0.25, 0.3) is 0 Å². The predicted octanol–water partition coefficient (Wildman–Crippen LogP) is 1.86. The van der Waals surface area contributed by atoms with Crippen LogP contribution in [0.4, 0.5) is 0 Å². The number of hydrogen-bond acceptors (Lipinski definition) is 4. The summed E-state index contributed by atoms with van der Waals surface area (Å²) >= 11 is 0. The van der Waals surface area contributed by atoms with Crippen LogP contribution in [-0.2, 0) is 4.74 Å². The lowest BCUT2D eigenvalue weighted by Crippen LogP contribution is -2.18. The first-order valence-electron chi connectivity index (χ1n) is 4.30. The highest BCUT2D eigenvalue weighted by Gasteiger charge is 2.20. The van der Waals surface area contributed by atoms with E-state index in [4.69, 9.17) is 9.47 Å². The summed E-state index contributed by atoms with van der Waals surface area (Å²) in [5.41, 5.74) is 0.407. The van der Waals surface area contributed by atoms with Gasteiger partial charge in [0.05, 0.1) is 7.11 Å². The monoisotopic (exact) mass is 322 g/mol. The highest BCUT2D eigenvalue weighted by atomic mass is 127. The lowest BCUT2D eigenvalue weighted by molar-refractivity contribution is 0.0590. The summed E-state index contributed by atoms with van der Waals surface area (Å²) in [5, 5.41) is 0. The molecule has 1 aliphatic rings. The van der Waals surface area contributed by atoms with E-state index >= 15 is 0 Å². The van der Waals surface area contributed by atoms with Gasteiger partial charge in [0.15, 0.2) is 11.5 Å². The van der Waals surface area contributed by atoms with Gasteiger partial charge in [-0.3, -0.25) is 0 Å². The zero-order valence-electron chi connectivity index (χ0n) is 8.19. The summed E-state index contributed by atoms with van der Waals surface area (Å²) in [7, 11) is 1.34. The Morgan fingerprint density at radius 3 is 2.80 bits per heavy atom. The van der Waals surface area contributed by atoms with Gasteiger partial charge in [-0.1, -0.05) is 6.07 Å². The van der Waals surface area contributed by atoms with E-state index in [0.717, 1.165) is 0 Å². The van der Waals surface area contributed by atoms with Crippen molar-refractivity contribution in [2.24, 2.45) is 0 Å². The molecule has 0 aromatic heterocycles. The maximum Gasteiger partial charge on any atom is 0.341 e. The summed E-state index contributed by atoms with van der Waals surface area (Å²) in [6, 6.07) is 5.15. The lowest BCUT2D eigenvalue weighted by Gasteiger charge is -2.19. The maximum absolute atomic E-state index is 11.3. The highest BCUT2D eigenvalue weighted by molar-refractivity contribution is 14.0. The van der Waals surface area contributed by atoms with Gasteiger partial charge in [-0.2, -0.15) is 0 Å². The first kappa shape index (κ1) is 12.1. The van der Waals surface area contributed by atoms with E-state index in [2.05, 4.69) is 4.74 Å². The first-order valence-corrected chi connectivity index (χ1v) is 4.30. The standard InChI is InChI=1S/C10H10O4.HI/c1-12-10(11)7-3-2-4-8-9(7)14-6-5-13-8;/h2-4H,5-6H2,1H3;1H. The molecule has 0 bridgehead atoms. The summed E-state index contributed by atoms with van der Waals surface area (Å²) in [4.78, 5) is 11.3. The van der Waals surface area contributed by atoms with Gasteiger partial charge >= 0.3 is 5.97 Å². The Balaban J connectivity index is 0.00000112. The Kier molecular flexibility index (Phi) is 4.19. The molecular formula is C10H11IO4. The van der Waals surface area contributed by atoms with Crippen molar-refractivity contribution in [2.45, 2.75) is 0 Å². The molecule has 0 spiro atoms. The van der Waals surface area contributed by atoms with Crippen LogP contribution >= 0.6 is 24.0 Å². The van der Waals surface area contributed by atoms with Crippen molar-refractivity contribution in [2.75, 3.05) is 20.3 Å². The number of methoxy groups -OCH3 is 1. The fourth-order valence-corrected chi connectivity index (χ4v) is 1.34. The molecule has 82 valence electrons. The molecule has 0 N–H and O–H groups in total. The van der Waals surface area contributed by atoms with E-state index in [1.807, 2.05) is 0 Å². The van der Waals surface area contributed by atoms with Gasteiger partial charge in [-0.25, -0.2) is 4.79 Å². The topological polar surface area (TPSA) is 44.8 Å². The van der Waals surface area contributed by atoms with Crippen LogP contribution in [0.1, 0.15) is 10.4 Å². The van der Waals surface area contributed by atoms with Gasteiger partial charge < -0.3 is 14.2 Å². The third-order valence-electron chi connectivity index (χ3n) is 1.97. The smallest absolute Gasteiger partial charge is 0.341 e. The Bertz CT molecular complexity index is 364. The number of fused-ring (bicyclic) bond motifs is 1. The number of carbonyl (C=O) groups is 1. The molecule has 0 atom stereocenters. The van der Waals surface area contributed by atoms with Crippen LogP contribution in [0.25, 0.3) is 0 Å². The molecule has 0 fully saturated rings. The molecule has 0 saturated carbocycles. The van der Waals surface area contributed by atoms with Crippen molar-refractivity contribution in [3.05, 3.63) is 23.8 Å². The molecule has 0 amide bonds. The third-order valence-corrected chi connectivity index (χ3v) is 1.97. The number of carbonyl (C=O) groups excluding carboxylic acids is 1. The zero-order valence-corrected chi connectivity index (χ0v) is 10.5. The number of benzene rings is 1.